The van der Waals surface area contributed by atoms with E-state index in [2.05, 4.69) is 11.6 Å². The summed E-state index contributed by atoms with van der Waals surface area (Å²) in [6.45, 7) is 2.16. The highest BCUT2D eigenvalue weighted by atomic mass is 35.7. The number of hydrogen-bond acceptors (Lipinski definition) is 4. The molecule has 1 aliphatic rings. The lowest BCUT2D eigenvalue weighted by atomic mass is 9.88. The first-order chi connectivity index (χ1) is 9.68. The lowest BCUT2D eigenvalue weighted by molar-refractivity contribution is 0.332. The van der Waals surface area contributed by atoms with Crippen LogP contribution in [-0.4, -0.2) is 22.9 Å². The van der Waals surface area contributed by atoms with E-state index < -0.39 is 19.1 Å². The fourth-order valence-corrected chi connectivity index (χ4v) is 4.52. The van der Waals surface area contributed by atoms with Crippen molar-refractivity contribution in [1.82, 2.24) is 4.72 Å². The van der Waals surface area contributed by atoms with E-state index in [0.29, 0.717) is 5.92 Å². The molecule has 1 N–H and O–H groups in total. The van der Waals surface area contributed by atoms with E-state index >= 15 is 0 Å². The Morgan fingerprint density at radius 3 is 1.90 bits per heavy atom. The molecule has 0 spiro atoms. The summed E-state index contributed by atoms with van der Waals surface area (Å²) >= 11 is 0. The van der Waals surface area contributed by atoms with Crippen LogP contribution in [0.25, 0.3) is 0 Å². The van der Waals surface area contributed by atoms with E-state index in [1.165, 1.54) is 24.3 Å². The molecule has 0 amide bonds. The molecule has 0 aliphatic heterocycles. The van der Waals surface area contributed by atoms with Crippen molar-refractivity contribution in [2.24, 2.45) is 5.92 Å². The lowest BCUT2D eigenvalue weighted by Crippen LogP contribution is -2.37. The maximum Gasteiger partial charge on any atom is 0.261 e. The van der Waals surface area contributed by atoms with Crippen LogP contribution in [0.1, 0.15) is 32.6 Å². The molecule has 0 aromatic heterocycles. The van der Waals surface area contributed by atoms with Crippen molar-refractivity contribution in [3.63, 3.8) is 0 Å². The predicted octanol–water partition coefficient (Wildman–Crippen LogP) is 2.47. The molecule has 118 valence electrons. The predicted molar refractivity (Wildman–Crippen MR) is 81.2 cm³/mol. The van der Waals surface area contributed by atoms with Gasteiger partial charge in [-0.15, -0.1) is 0 Å². The molecule has 1 saturated carbocycles. The molecule has 0 saturated heterocycles. The molecule has 1 aromatic rings. The van der Waals surface area contributed by atoms with E-state index in [4.69, 9.17) is 10.7 Å². The number of sulfonamides is 1. The monoisotopic (exact) mass is 351 g/mol. The van der Waals surface area contributed by atoms with Crippen LogP contribution in [0.15, 0.2) is 34.1 Å². The van der Waals surface area contributed by atoms with Crippen molar-refractivity contribution >= 4 is 29.8 Å². The summed E-state index contributed by atoms with van der Waals surface area (Å²) in [4.78, 5) is -0.0696. The average Bonchev–Trinajstić information content (AvgIpc) is 2.40. The summed E-state index contributed by atoms with van der Waals surface area (Å²) in [5, 5.41) is 0. The molecule has 1 aliphatic carbocycles. The quantitative estimate of drug-likeness (QED) is 0.845. The number of hydrogen-bond donors (Lipinski definition) is 1. The maximum atomic E-state index is 12.2. The second-order valence-corrected chi connectivity index (χ2v) is 9.77. The minimum atomic E-state index is -3.84. The molecule has 0 heterocycles. The van der Waals surface area contributed by atoms with Gasteiger partial charge < -0.3 is 0 Å². The molecule has 0 atom stereocenters. The zero-order chi connectivity index (χ0) is 15.7. The number of nitrogens with one attached hydrogen (secondary N) is 1. The molecule has 1 fully saturated rings. The standard InChI is InChI=1S/C13H18ClNO4S2/c1-10-2-4-11(5-3-10)15-21(18,19)13-8-6-12(7-9-13)20(14,16)17/h6-11,15H,2-5H2,1H3. The van der Waals surface area contributed by atoms with Gasteiger partial charge in [0, 0.05) is 16.7 Å². The van der Waals surface area contributed by atoms with Gasteiger partial charge in [-0.05, 0) is 55.9 Å². The highest BCUT2D eigenvalue weighted by molar-refractivity contribution is 8.13. The van der Waals surface area contributed by atoms with Crippen molar-refractivity contribution in [2.45, 2.75) is 48.4 Å². The molecule has 0 unspecified atom stereocenters. The van der Waals surface area contributed by atoms with E-state index in [0.717, 1.165) is 25.7 Å². The minimum Gasteiger partial charge on any atom is -0.208 e. The van der Waals surface area contributed by atoms with Crippen molar-refractivity contribution in [2.75, 3.05) is 0 Å². The largest absolute Gasteiger partial charge is 0.261 e. The van der Waals surface area contributed by atoms with Gasteiger partial charge >= 0.3 is 0 Å². The maximum absolute atomic E-state index is 12.2. The van der Waals surface area contributed by atoms with Crippen LogP contribution in [0, 0.1) is 5.92 Å². The topological polar surface area (TPSA) is 80.3 Å². The van der Waals surface area contributed by atoms with E-state index in [1.54, 1.807) is 0 Å². The van der Waals surface area contributed by atoms with Crippen molar-refractivity contribution in [1.29, 1.82) is 0 Å². The Kier molecular flexibility index (Phi) is 4.97. The van der Waals surface area contributed by atoms with Gasteiger partial charge in [0.1, 0.15) is 0 Å². The summed E-state index contributed by atoms with van der Waals surface area (Å²) in [7, 11) is -2.27. The van der Waals surface area contributed by atoms with Crippen LogP contribution in [0.4, 0.5) is 0 Å². The summed E-state index contributed by atoms with van der Waals surface area (Å²) < 4.78 is 49.5. The third-order valence-corrected chi connectivity index (χ3v) is 6.66. The fourth-order valence-electron chi connectivity index (χ4n) is 2.45. The van der Waals surface area contributed by atoms with Crippen LogP contribution >= 0.6 is 10.7 Å². The zero-order valence-corrected chi connectivity index (χ0v) is 14.0. The fraction of sp³-hybridized carbons (Fsp3) is 0.538. The van der Waals surface area contributed by atoms with E-state index in [-0.39, 0.29) is 15.8 Å². The van der Waals surface area contributed by atoms with E-state index in [1.807, 2.05) is 0 Å². The van der Waals surface area contributed by atoms with Gasteiger partial charge in [0.25, 0.3) is 9.05 Å². The lowest BCUT2D eigenvalue weighted by Gasteiger charge is -2.26. The van der Waals surface area contributed by atoms with Crippen LogP contribution < -0.4 is 4.72 Å². The Morgan fingerprint density at radius 1 is 0.952 bits per heavy atom. The molecule has 1 aromatic carbocycles. The molecule has 2 rings (SSSR count). The second kappa shape index (κ2) is 6.24. The Bertz CT molecular complexity index is 690. The molecule has 5 nitrogen and oxygen atoms in total. The van der Waals surface area contributed by atoms with Gasteiger partial charge in [-0.1, -0.05) is 6.92 Å². The van der Waals surface area contributed by atoms with Crippen molar-refractivity contribution in [3.8, 4) is 0 Å². The van der Waals surface area contributed by atoms with Gasteiger partial charge in [-0.2, -0.15) is 0 Å². The Labute approximate surface area is 130 Å². The Morgan fingerprint density at radius 2 is 1.43 bits per heavy atom. The summed E-state index contributed by atoms with van der Waals surface area (Å²) in [5.74, 6) is 0.638. The van der Waals surface area contributed by atoms with Crippen molar-refractivity contribution < 1.29 is 16.8 Å². The third kappa shape index (κ3) is 4.42. The molecule has 21 heavy (non-hydrogen) atoms. The summed E-state index contributed by atoms with van der Waals surface area (Å²) in [6.07, 6.45) is 3.68. The van der Waals surface area contributed by atoms with Gasteiger partial charge in [-0.25, -0.2) is 21.6 Å². The van der Waals surface area contributed by atoms with Gasteiger partial charge in [0.15, 0.2) is 0 Å². The molecular formula is C13H18ClNO4S2. The highest BCUT2D eigenvalue weighted by Gasteiger charge is 2.24. The van der Waals surface area contributed by atoms with Gasteiger partial charge in [0.2, 0.25) is 10.0 Å². The summed E-state index contributed by atoms with van der Waals surface area (Å²) in [5.41, 5.74) is 0. The van der Waals surface area contributed by atoms with Crippen LogP contribution in [0.3, 0.4) is 0 Å². The van der Waals surface area contributed by atoms with Crippen LogP contribution in [0.2, 0.25) is 0 Å². The van der Waals surface area contributed by atoms with Crippen LogP contribution in [0.5, 0.6) is 0 Å². The minimum absolute atomic E-state index is 0.0465. The third-order valence-electron chi connectivity index (χ3n) is 3.75. The average molecular weight is 352 g/mol. The smallest absolute Gasteiger partial charge is 0.208 e. The molecule has 0 bridgehead atoms. The normalized spacial score (nSPS) is 23.9. The first-order valence-electron chi connectivity index (χ1n) is 6.75. The number of rotatable bonds is 4. The summed E-state index contributed by atoms with van der Waals surface area (Å²) in [6, 6.07) is 4.84. The zero-order valence-electron chi connectivity index (χ0n) is 11.6. The van der Waals surface area contributed by atoms with Gasteiger partial charge in [0.05, 0.1) is 9.79 Å². The first kappa shape index (κ1) is 16.7. The molecule has 0 radical (unpaired) electrons. The SMILES string of the molecule is CC1CCC(NS(=O)(=O)c2ccc(S(=O)(=O)Cl)cc2)CC1. The van der Waals surface area contributed by atoms with Gasteiger partial charge in [-0.3, -0.25) is 0 Å². The highest BCUT2D eigenvalue weighted by Crippen LogP contribution is 2.25. The second-order valence-electron chi connectivity index (χ2n) is 5.49. The van der Waals surface area contributed by atoms with Crippen molar-refractivity contribution in [3.05, 3.63) is 24.3 Å². The molecular weight excluding hydrogens is 334 g/mol. The molecule has 8 heteroatoms. The Hall–Kier alpha value is -0.630. The first-order valence-corrected chi connectivity index (χ1v) is 10.5. The Balaban J connectivity index is 2.13. The number of halogens is 1. The van der Waals surface area contributed by atoms with E-state index in [9.17, 15) is 16.8 Å². The number of benzene rings is 1. The van der Waals surface area contributed by atoms with Crippen LogP contribution in [-0.2, 0) is 19.1 Å².